The van der Waals surface area contributed by atoms with Gasteiger partial charge in [-0.2, -0.15) is 0 Å². The molecule has 176 valence electrons. The van der Waals surface area contributed by atoms with E-state index in [0.717, 1.165) is 42.7 Å². The number of aryl methyl sites for hydroxylation is 1. The monoisotopic (exact) mass is 450 g/mol. The van der Waals surface area contributed by atoms with Crippen molar-refractivity contribution in [2.75, 3.05) is 45.2 Å². The van der Waals surface area contributed by atoms with Gasteiger partial charge in [-0.1, -0.05) is 31.2 Å². The van der Waals surface area contributed by atoms with Crippen molar-refractivity contribution in [3.63, 3.8) is 0 Å². The Morgan fingerprint density at radius 3 is 2.76 bits per heavy atom. The predicted octanol–water partition coefficient (Wildman–Crippen LogP) is 3.15. The summed E-state index contributed by atoms with van der Waals surface area (Å²) in [5.74, 6) is 0.504. The van der Waals surface area contributed by atoms with Gasteiger partial charge in [-0.15, -0.1) is 0 Å². The van der Waals surface area contributed by atoms with Crippen LogP contribution in [0, 0.1) is 5.92 Å². The van der Waals surface area contributed by atoms with Crippen molar-refractivity contribution < 1.29 is 14.3 Å². The molecular formula is C26H34N4O3. The molecule has 0 bridgehead atoms. The smallest absolute Gasteiger partial charge is 0.222 e. The van der Waals surface area contributed by atoms with Crippen LogP contribution < -0.4 is 10.6 Å². The highest BCUT2D eigenvalue weighted by molar-refractivity contribution is 5.98. The summed E-state index contributed by atoms with van der Waals surface area (Å²) >= 11 is 0. The molecule has 0 spiro atoms. The van der Waals surface area contributed by atoms with Crippen molar-refractivity contribution in [1.29, 1.82) is 0 Å². The number of carbonyl (C=O) groups is 2. The lowest BCUT2D eigenvalue weighted by atomic mass is 9.93. The summed E-state index contributed by atoms with van der Waals surface area (Å²) in [6.07, 6.45) is 4.35. The topological polar surface area (TPSA) is 83.6 Å². The van der Waals surface area contributed by atoms with E-state index in [-0.39, 0.29) is 17.2 Å². The van der Waals surface area contributed by atoms with Gasteiger partial charge in [-0.3, -0.25) is 14.6 Å². The average molecular weight is 451 g/mol. The third-order valence-corrected chi connectivity index (χ3v) is 6.70. The summed E-state index contributed by atoms with van der Waals surface area (Å²) in [5.41, 5.74) is 4.21. The number of amides is 1. The minimum Gasteiger partial charge on any atom is -0.376 e. The van der Waals surface area contributed by atoms with Crippen molar-refractivity contribution in [3.05, 3.63) is 47.8 Å². The van der Waals surface area contributed by atoms with Crippen LogP contribution in [0.15, 0.2) is 36.5 Å². The molecule has 1 amide bonds. The highest BCUT2D eigenvalue weighted by Gasteiger charge is 2.39. The number of benzene rings is 1. The van der Waals surface area contributed by atoms with Gasteiger partial charge in [0.1, 0.15) is 5.69 Å². The molecule has 1 unspecified atom stereocenters. The Kier molecular flexibility index (Phi) is 7.10. The van der Waals surface area contributed by atoms with Crippen LogP contribution in [-0.2, 0) is 16.0 Å². The number of piperidine rings is 1. The Morgan fingerprint density at radius 2 is 2.09 bits per heavy atom. The highest BCUT2D eigenvalue weighted by Crippen LogP contribution is 2.30. The number of anilines is 1. The maximum Gasteiger partial charge on any atom is 0.222 e. The highest BCUT2D eigenvalue weighted by atomic mass is 16.5. The molecule has 1 atom stereocenters. The normalized spacial score (nSPS) is 19.8. The third kappa shape index (κ3) is 5.42. The Hall–Kier alpha value is -2.77. The molecule has 3 heterocycles. The third-order valence-electron chi connectivity index (χ3n) is 6.70. The number of rotatable bonds is 9. The summed E-state index contributed by atoms with van der Waals surface area (Å²) < 4.78 is 5.56. The van der Waals surface area contributed by atoms with Gasteiger partial charge in [0.2, 0.25) is 5.91 Å². The number of hydrogen-bond donors (Lipinski definition) is 2. The number of Topliss-reactive ketones (excluding diaryl/α,β-unsaturated/α-hetero) is 1. The van der Waals surface area contributed by atoms with E-state index in [2.05, 4.69) is 46.8 Å². The number of ketones is 1. The van der Waals surface area contributed by atoms with Crippen molar-refractivity contribution in [3.8, 4) is 11.1 Å². The van der Waals surface area contributed by atoms with E-state index in [0.29, 0.717) is 37.8 Å². The molecule has 2 saturated heterocycles. The van der Waals surface area contributed by atoms with Crippen LogP contribution in [0.5, 0.6) is 0 Å². The Morgan fingerprint density at radius 1 is 1.27 bits per heavy atom. The van der Waals surface area contributed by atoms with E-state index in [4.69, 9.17) is 4.74 Å². The van der Waals surface area contributed by atoms with E-state index < -0.39 is 0 Å². The van der Waals surface area contributed by atoms with E-state index in [1.54, 1.807) is 18.0 Å². The molecular weight excluding hydrogens is 416 g/mol. The first-order valence-electron chi connectivity index (χ1n) is 11.8. The lowest BCUT2D eigenvalue weighted by Crippen LogP contribution is -2.62. The van der Waals surface area contributed by atoms with Gasteiger partial charge in [0.15, 0.2) is 5.78 Å². The second-order valence-electron chi connectivity index (χ2n) is 9.43. The maximum absolute atomic E-state index is 12.3. The quantitative estimate of drug-likeness (QED) is 0.571. The second kappa shape index (κ2) is 10.0. The lowest BCUT2D eigenvalue weighted by molar-refractivity contribution is -0.133. The van der Waals surface area contributed by atoms with Crippen molar-refractivity contribution in [2.24, 2.45) is 5.92 Å². The molecule has 1 aromatic carbocycles. The van der Waals surface area contributed by atoms with Crippen LogP contribution in [0.25, 0.3) is 11.1 Å². The maximum atomic E-state index is 12.3. The van der Waals surface area contributed by atoms with Crippen molar-refractivity contribution in [2.45, 2.75) is 38.6 Å². The zero-order chi connectivity index (χ0) is 23.4. The van der Waals surface area contributed by atoms with Gasteiger partial charge in [0, 0.05) is 45.2 Å². The van der Waals surface area contributed by atoms with Crippen LogP contribution in [0.3, 0.4) is 0 Å². The zero-order valence-corrected chi connectivity index (χ0v) is 19.8. The molecule has 0 saturated carbocycles. The van der Waals surface area contributed by atoms with E-state index >= 15 is 0 Å². The van der Waals surface area contributed by atoms with E-state index in [9.17, 15) is 9.59 Å². The molecule has 2 aliphatic heterocycles. The number of likely N-dealkylation sites (tertiary alicyclic amines) is 1. The molecule has 7 nitrogen and oxygen atoms in total. The first kappa shape index (κ1) is 23.4. The Bertz CT molecular complexity index is 1020. The van der Waals surface area contributed by atoms with Crippen molar-refractivity contribution in [1.82, 2.24) is 15.2 Å². The molecule has 2 N–H and O–H groups in total. The fourth-order valence-electron chi connectivity index (χ4n) is 4.52. The Labute approximate surface area is 195 Å². The number of hydrogen-bond acceptors (Lipinski definition) is 6. The molecule has 33 heavy (non-hydrogen) atoms. The van der Waals surface area contributed by atoms with Gasteiger partial charge < -0.3 is 20.3 Å². The predicted molar refractivity (Wildman–Crippen MR) is 129 cm³/mol. The van der Waals surface area contributed by atoms with Gasteiger partial charge >= 0.3 is 0 Å². The molecule has 4 rings (SSSR count). The fourth-order valence-corrected chi connectivity index (χ4v) is 4.52. The minimum absolute atomic E-state index is 0.0699. The van der Waals surface area contributed by atoms with Crippen LogP contribution in [0.2, 0.25) is 0 Å². The molecule has 2 aromatic rings. The van der Waals surface area contributed by atoms with Gasteiger partial charge in [0.05, 0.1) is 24.4 Å². The van der Waals surface area contributed by atoms with Crippen LogP contribution >= 0.6 is 0 Å². The molecule has 2 aliphatic rings. The number of ether oxygens (including phenoxy) is 1. The van der Waals surface area contributed by atoms with Crippen LogP contribution in [0.4, 0.5) is 5.69 Å². The average Bonchev–Trinajstić information content (AvgIpc) is 2.79. The number of carbonyl (C=O) groups excluding carboxylic acids is 2. The van der Waals surface area contributed by atoms with Gasteiger partial charge in [0.25, 0.3) is 0 Å². The van der Waals surface area contributed by atoms with E-state index in [1.807, 2.05) is 13.1 Å². The minimum atomic E-state index is -0.300. The van der Waals surface area contributed by atoms with E-state index in [1.165, 1.54) is 5.56 Å². The number of nitrogens with zero attached hydrogens (tertiary/aromatic N) is 2. The second-order valence-corrected chi connectivity index (χ2v) is 9.43. The molecule has 7 heteroatoms. The number of aromatic nitrogens is 1. The summed E-state index contributed by atoms with van der Waals surface area (Å²) in [7, 11) is 1.86. The number of nitrogens with one attached hydrogen (secondary N) is 2. The Balaban J connectivity index is 1.48. The summed E-state index contributed by atoms with van der Waals surface area (Å²) in [6.45, 7) is 7.10. The first-order valence-corrected chi connectivity index (χ1v) is 11.8. The zero-order valence-electron chi connectivity index (χ0n) is 19.8. The van der Waals surface area contributed by atoms with Crippen molar-refractivity contribution >= 4 is 17.4 Å². The van der Waals surface area contributed by atoms with Gasteiger partial charge in [-0.05, 0) is 42.5 Å². The van der Waals surface area contributed by atoms with Gasteiger partial charge in [-0.25, -0.2) is 0 Å². The molecule has 2 fully saturated rings. The molecule has 1 aromatic heterocycles. The lowest BCUT2D eigenvalue weighted by Gasteiger charge is -2.43. The number of pyridine rings is 1. The molecule has 0 aliphatic carbocycles. The standard InChI is InChI=1S/C26H34N4O3/c1-4-19-6-5-7-21(10-19)22-12-23(25(18(2)31)28-14-22)29-26(16-33-17-26)15-27-13-20-8-9-30(3)24(32)11-20/h5-7,10,12,14,20,27,29H,4,8-9,11,13,15-17H2,1-3H3. The first-order chi connectivity index (χ1) is 15.9. The van der Waals surface area contributed by atoms with Crippen LogP contribution in [0.1, 0.15) is 42.7 Å². The SMILES string of the molecule is CCc1cccc(-c2cnc(C(C)=O)c(NC3(CNCC4CCN(C)C(=O)C4)COC3)c2)c1. The molecule has 0 radical (unpaired) electrons. The summed E-state index contributed by atoms with van der Waals surface area (Å²) in [4.78, 5) is 30.6. The summed E-state index contributed by atoms with van der Waals surface area (Å²) in [5, 5.41) is 7.13. The van der Waals surface area contributed by atoms with Crippen LogP contribution in [-0.4, -0.2) is 67.0 Å². The fraction of sp³-hybridized carbons (Fsp3) is 0.500. The summed E-state index contributed by atoms with van der Waals surface area (Å²) in [6, 6.07) is 10.4. The largest absolute Gasteiger partial charge is 0.376 e.